The van der Waals surface area contributed by atoms with Crippen LogP contribution in [0.15, 0.2) is 11.1 Å². The second-order valence-electron chi connectivity index (χ2n) is 2.24. The van der Waals surface area contributed by atoms with Crippen molar-refractivity contribution in [3.63, 3.8) is 0 Å². The van der Waals surface area contributed by atoms with E-state index in [0.717, 1.165) is 13.1 Å². The van der Waals surface area contributed by atoms with Gasteiger partial charge >= 0.3 is 0 Å². The van der Waals surface area contributed by atoms with E-state index in [-0.39, 0.29) is 0 Å². The maximum atomic E-state index is 4.24. The summed E-state index contributed by atoms with van der Waals surface area (Å²) in [6.45, 7) is 2.16. The van der Waals surface area contributed by atoms with E-state index in [2.05, 4.69) is 5.32 Å². The third-order valence-electron chi connectivity index (χ3n) is 1.68. The lowest BCUT2D eigenvalue weighted by atomic mass is 10.3. The standard InChI is InChI=1S/C6H8N/c1-2-7-4-6-3-5(1)6/h1-4H2. The highest BCUT2D eigenvalue weighted by Crippen LogP contribution is 2.34. The van der Waals surface area contributed by atoms with Gasteiger partial charge in [0.25, 0.3) is 0 Å². The number of hydrogen-bond acceptors (Lipinski definition) is 0. The summed E-state index contributed by atoms with van der Waals surface area (Å²) in [5, 5.41) is 4.24. The van der Waals surface area contributed by atoms with Gasteiger partial charge in [0.15, 0.2) is 0 Å². The Morgan fingerprint density at radius 2 is 2.29 bits per heavy atom. The average molecular weight is 94.1 g/mol. The second-order valence-corrected chi connectivity index (χ2v) is 2.24. The zero-order valence-corrected chi connectivity index (χ0v) is 4.28. The lowest BCUT2D eigenvalue weighted by Crippen LogP contribution is -2.09. The number of nitrogens with zero attached hydrogens (tertiary/aromatic N) is 1. The van der Waals surface area contributed by atoms with Crippen molar-refractivity contribution in [3.05, 3.63) is 11.1 Å². The Morgan fingerprint density at radius 1 is 1.29 bits per heavy atom. The Bertz CT molecular complexity index is 110. The first-order valence-electron chi connectivity index (χ1n) is 2.80. The van der Waals surface area contributed by atoms with Crippen LogP contribution in [0, 0.1) is 0 Å². The van der Waals surface area contributed by atoms with Crippen LogP contribution in [0.1, 0.15) is 12.8 Å². The minimum Gasteiger partial charge on any atom is -0.237 e. The summed E-state index contributed by atoms with van der Waals surface area (Å²) in [6.07, 6.45) is 2.60. The van der Waals surface area contributed by atoms with Gasteiger partial charge in [0.1, 0.15) is 0 Å². The van der Waals surface area contributed by atoms with Crippen molar-refractivity contribution in [1.29, 1.82) is 0 Å². The number of hydrogen-bond donors (Lipinski definition) is 0. The lowest BCUT2D eigenvalue weighted by Gasteiger charge is -1.98. The zero-order valence-electron chi connectivity index (χ0n) is 4.28. The summed E-state index contributed by atoms with van der Waals surface area (Å²) in [7, 11) is 0. The molecule has 0 N–H and O–H groups in total. The third-order valence-corrected chi connectivity index (χ3v) is 1.68. The van der Waals surface area contributed by atoms with Crippen LogP contribution in [0.3, 0.4) is 0 Å². The predicted molar refractivity (Wildman–Crippen MR) is 28.1 cm³/mol. The van der Waals surface area contributed by atoms with Crippen molar-refractivity contribution in [3.8, 4) is 0 Å². The van der Waals surface area contributed by atoms with Gasteiger partial charge in [-0.15, -0.1) is 0 Å². The Labute approximate surface area is 43.4 Å². The highest BCUT2D eigenvalue weighted by molar-refractivity contribution is 5.37. The molecule has 7 heavy (non-hydrogen) atoms. The Kier molecular flexibility index (Phi) is 0.577. The van der Waals surface area contributed by atoms with Gasteiger partial charge in [-0.05, 0) is 12.8 Å². The molecular weight excluding hydrogens is 86.1 g/mol. The van der Waals surface area contributed by atoms with Crippen LogP contribution in [0.25, 0.3) is 0 Å². The van der Waals surface area contributed by atoms with E-state index in [1.165, 1.54) is 12.8 Å². The molecule has 0 bridgehead atoms. The van der Waals surface area contributed by atoms with E-state index >= 15 is 0 Å². The Morgan fingerprint density at radius 3 is 2.86 bits per heavy atom. The van der Waals surface area contributed by atoms with Crippen molar-refractivity contribution in [2.24, 2.45) is 0 Å². The molecule has 1 heterocycles. The Hall–Kier alpha value is -0.300. The van der Waals surface area contributed by atoms with Crippen molar-refractivity contribution >= 4 is 0 Å². The van der Waals surface area contributed by atoms with Crippen molar-refractivity contribution in [2.75, 3.05) is 13.1 Å². The summed E-state index contributed by atoms with van der Waals surface area (Å²) in [6, 6.07) is 0. The summed E-state index contributed by atoms with van der Waals surface area (Å²) in [5.74, 6) is 0. The molecule has 1 nitrogen and oxygen atoms in total. The Balaban J connectivity index is 2.15. The molecule has 0 atom stereocenters. The van der Waals surface area contributed by atoms with E-state index in [1.54, 1.807) is 11.1 Å². The molecule has 0 amide bonds. The third kappa shape index (κ3) is 0.484. The van der Waals surface area contributed by atoms with Crippen LogP contribution in [-0.2, 0) is 0 Å². The minimum atomic E-state index is 1.06. The maximum Gasteiger partial charge on any atom is 0.0349 e. The zero-order chi connectivity index (χ0) is 4.69. The highest BCUT2D eigenvalue weighted by atomic mass is 14.9. The van der Waals surface area contributed by atoms with E-state index in [4.69, 9.17) is 0 Å². The fourth-order valence-electron chi connectivity index (χ4n) is 1.07. The predicted octanol–water partition coefficient (Wildman–Crippen LogP) is 0.695. The second kappa shape index (κ2) is 1.10. The maximum absolute atomic E-state index is 4.24. The SMILES string of the molecule is C1CC2=C(C[N]1)C2. The first-order valence-corrected chi connectivity index (χ1v) is 2.80. The normalized spacial score (nSPS) is 27.4. The van der Waals surface area contributed by atoms with Crippen LogP contribution in [0.5, 0.6) is 0 Å². The molecule has 1 aliphatic heterocycles. The molecular formula is C6H8N. The van der Waals surface area contributed by atoms with Crippen molar-refractivity contribution < 1.29 is 0 Å². The highest BCUT2D eigenvalue weighted by Gasteiger charge is 2.23. The molecule has 0 aromatic rings. The molecule has 2 aliphatic rings. The fourth-order valence-corrected chi connectivity index (χ4v) is 1.07. The van der Waals surface area contributed by atoms with Gasteiger partial charge in [-0.25, -0.2) is 5.32 Å². The molecule has 0 saturated carbocycles. The molecule has 0 fully saturated rings. The van der Waals surface area contributed by atoms with E-state index < -0.39 is 0 Å². The molecule has 2 rings (SSSR count). The summed E-state index contributed by atoms with van der Waals surface area (Å²) >= 11 is 0. The molecule has 0 aromatic carbocycles. The first kappa shape index (κ1) is 3.67. The summed E-state index contributed by atoms with van der Waals surface area (Å²) < 4.78 is 0. The van der Waals surface area contributed by atoms with Crippen LogP contribution >= 0.6 is 0 Å². The van der Waals surface area contributed by atoms with E-state index in [9.17, 15) is 0 Å². The number of rotatable bonds is 0. The fraction of sp³-hybridized carbons (Fsp3) is 0.667. The smallest absolute Gasteiger partial charge is 0.0349 e. The van der Waals surface area contributed by atoms with Crippen LogP contribution in [0.2, 0.25) is 0 Å². The molecule has 1 aliphatic carbocycles. The molecule has 1 heteroatoms. The van der Waals surface area contributed by atoms with E-state index in [1.807, 2.05) is 0 Å². The molecule has 0 saturated heterocycles. The van der Waals surface area contributed by atoms with Crippen LogP contribution in [-0.4, -0.2) is 13.1 Å². The van der Waals surface area contributed by atoms with Crippen molar-refractivity contribution in [2.45, 2.75) is 12.8 Å². The van der Waals surface area contributed by atoms with Gasteiger partial charge in [0.2, 0.25) is 0 Å². The lowest BCUT2D eigenvalue weighted by molar-refractivity contribution is 0.713. The van der Waals surface area contributed by atoms with Gasteiger partial charge in [-0.1, -0.05) is 11.1 Å². The van der Waals surface area contributed by atoms with Gasteiger partial charge in [-0.2, -0.15) is 0 Å². The molecule has 1 radical (unpaired) electrons. The monoisotopic (exact) mass is 94.1 g/mol. The molecule has 37 valence electrons. The summed E-state index contributed by atoms with van der Waals surface area (Å²) in [5.41, 5.74) is 3.33. The van der Waals surface area contributed by atoms with Crippen molar-refractivity contribution in [1.82, 2.24) is 5.32 Å². The van der Waals surface area contributed by atoms with Gasteiger partial charge in [0, 0.05) is 13.1 Å². The van der Waals surface area contributed by atoms with Gasteiger partial charge in [0.05, 0.1) is 0 Å². The van der Waals surface area contributed by atoms with E-state index in [0.29, 0.717) is 0 Å². The van der Waals surface area contributed by atoms with Crippen LogP contribution in [0.4, 0.5) is 0 Å². The topological polar surface area (TPSA) is 14.1 Å². The first-order chi connectivity index (χ1) is 3.47. The molecule has 0 spiro atoms. The summed E-state index contributed by atoms with van der Waals surface area (Å²) in [4.78, 5) is 0. The van der Waals surface area contributed by atoms with Gasteiger partial charge in [-0.3, -0.25) is 0 Å². The molecule has 0 aromatic heterocycles. The quantitative estimate of drug-likeness (QED) is 0.392. The average Bonchev–Trinajstić information content (AvgIpc) is 2.41. The molecule has 0 unspecified atom stereocenters. The largest absolute Gasteiger partial charge is 0.237 e. The van der Waals surface area contributed by atoms with Gasteiger partial charge < -0.3 is 0 Å². The van der Waals surface area contributed by atoms with Crippen LogP contribution < -0.4 is 5.32 Å². The minimum absolute atomic E-state index is 1.06.